The van der Waals surface area contributed by atoms with Gasteiger partial charge in [0.05, 0.1) is 0 Å². The largest absolute Gasteiger partial charge is 0.492 e. The van der Waals surface area contributed by atoms with Crippen LogP contribution in [-0.2, 0) is 0 Å². The fourth-order valence-electron chi connectivity index (χ4n) is 1.14. The van der Waals surface area contributed by atoms with Crippen molar-refractivity contribution in [3.05, 3.63) is 29.3 Å². The highest BCUT2D eigenvalue weighted by atomic mass is 79.9. The van der Waals surface area contributed by atoms with Crippen molar-refractivity contribution in [2.45, 2.75) is 24.9 Å². The number of halogens is 4. The van der Waals surface area contributed by atoms with Crippen molar-refractivity contribution in [1.82, 2.24) is 0 Å². The molecule has 0 saturated carbocycles. The van der Waals surface area contributed by atoms with Crippen LogP contribution in [-0.4, -0.2) is 17.6 Å². The highest BCUT2D eigenvalue weighted by Crippen LogP contribution is 2.28. The zero-order valence-corrected chi connectivity index (χ0v) is 10.5. The molecule has 1 unspecified atom stereocenters. The average molecular weight is 297 g/mol. The third-order valence-corrected chi connectivity index (χ3v) is 3.08. The lowest BCUT2D eigenvalue weighted by molar-refractivity contribution is -0.132. The van der Waals surface area contributed by atoms with E-state index < -0.39 is 17.6 Å². The Labute approximate surface area is 101 Å². The van der Waals surface area contributed by atoms with Crippen molar-refractivity contribution in [2.24, 2.45) is 0 Å². The van der Waals surface area contributed by atoms with Gasteiger partial charge in [-0.2, -0.15) is 13.2 Å². The normalized spacial score (nSPS) is 13.6. The molecule has 0 N–H and O–H groups in total. The van der Waals surface area contributed by atoms with E-state index in [2.05, 4.69) is 15.9 Å². The average Bonchev–Trinajstić information content (AvgIpc) is 2.18. The molecule has 0 spiro atoms. The Morgan fingerprint density at radius 1 is 1.31 bits per heavy atom. The van der Waals surface area contributed by atoms with Gasteiger partial charge in [0.1, 0.15) is 17.2 Å². The minimum atomic E-state index is -4.28. The van der Waals surface area contributed by atoms with Crippen molar-refractivity contribution in [3.63, 3.8) is 0 Å². The Kier molecular flexibility index (Phi) is 4.24. The maximum atomic E-state index is 12.2. The van der Waals surface area contributed by atoms with Gasteiger partial charge < -0.3 is 4.74 Å². The first-order chi connectivity index (χ1) is 7.32. The number of ether oxygens (including phenoxy) is 1. The molecule has 0 fully saturated rings. The van der Waals surface area contributed by atoms with Crippen molar-refractivity contribution in [1.29, 1.82) is 0 Å². The van der Waals surface area contributed by atoms with Crippen LogP contribution >= 0.6 is 15.9 Å². The molecular formula is C11H12BrF3O. The fraction of sp³-hybridized carbons (Fsp3) is 0.455. The van der Waals surface area contributed by atoms with Crippen LogP contribution in [0, 0.1) is 13.8 Å². The number of hydrogen-bond acceptors (Lipinski definition) is 1. The molecule has 0 aromatic heterocycles. The SMILES string of the molecule is Cc1cccc(OCC(Br)C(F)(F)F)c1C. The van der Waals surface area contributed by atoms with E-state index in [4.69, 9.17) is 4.74 Å². The van der Waals surface area contributed by atoms with E-state index in [1.807, 2.05) is 19.9 Å². The molecule has 0 heterocycles. The van der Waals surface area contributed by atoms with E-state index in [1.54, 1.807) is 12.1 Å². The summed E-state index contributed by atoms with van der Waals surface area (Å²) in [6.07, 6.45) is -4.28. The second kappa shape index (κ2) is 5.08. The number of hydrogen-bond donors (Lipinski definition) is 0. The highest BCUT2D eigenvalue weighted by Gasteiger charge is 2.38. The molecule has 1 aromatic carbocycles. The summed E-state index contributed by atoms with van der Waals surface area (Å²) in [5, 5.41) is 0. The monoisotopic (exact) mass is 296 g/mol. The van der Waals surface area contributed by atoms with Crippen LogP contribution in [0.2, 0.25) is 0 Å². The van der Waals surface area contributed by atoms with Crippen molar-refractivity contribution in [3.8, 4) is 5.75 Å². The summed E-state index contributed by atoms with van der Waals surface area (Å²) in [5.41, 5.74) is 1.86. The van der Waals surface area contributed by atoms with Gasteiger partial charge in [-0.3, -0.25) is 0 Å². The minimum Gasteiger partial charge on any atom is -0.492 e. The van der Waals surface area contributed by atoms with Crippen LogP contribution in [0.4, 0.5) is 13.2 Å². The molecule has 0 saturated heterocycles. The molecule has 0 aliphatic rings. The van der Waals surface area contributed by atoms with Gasteiger partial charge in [0, 0.05) is 0 Å². The van der Waals surface area contributed by atoms with E-state index in [1.165, 1.54) is 0 Å². The summed E-state index contributed by atoms with van der Waals surface area (Å²) in [6, 6.07) is 5.31. The third kappa shape index (κ3) is 3.40. The zero-order valence-electron chi connectivity index (χ0n) is 8.94. The minimum absolute atomic E-state index is 0.423. The van der Waals surface area contributed by atoms with E-state index in [0.29, 0.717) is 5.75 Å². The Hall–Kier alpha value is -0.710. The smallest absolute Gasteiger partial charge is 0.404 e. The lowest BCUT2D eigenvalue weighted by Gasteiger charge is -2.16. The predicted octanol–water partition coefficient (Wildman–Crippen LogP) is 4.01. The molecule has 0 aliphatic heterocycles. The predicted molar refractivity (Wildman–Crippen MR) is 60.2 cm³/mol. The van der Waals surface area contributed by atoms with Gasteiger partial charge in [0.2, 0.25) is 0 Å². The first-order valence-electron chi connectivity index (χ1n) is 4.72. The molecule has 1 atom stereocenters. The van der Waals surface area contributed by atoms with E-state index in [-0.39, 0.29) is 0 Å². The van der Waals surface area contributed by atoms with Crippen LogP contribution in [0.3, 0.4) is 0 Å². The van der Waals surface area contributed by atoms with Crippen molar-refractivity contribution >= 4 is 15.9 Å². The van der Waals surface area contributed by atoms with E-state index >= 15 is 0 Å². The molecule has 0 bridgehead atoms. The van der Waals surface area contributed by atoms with Gasteiger partial charge in [0.15, 0.2) is 0 Å². The molecule has 1 aromatic rings. The van der Waals surface area contributed by atoms with Crippen LogP contribution in [0.25, 0.3) is 0 Å². The van der Waals surface area contributed by atoms with Gasteiger partial charge in [0.25, 0.3) is 0 Å². The number of rotatable bonds is 3. The number of aryl methyl sites for hydroxylation is 1. The molecule has 0 aliphatic carbocycles. The second-order valence-corrected chi connectivity index (χ2v) is 4.62. The molecule has 1 rings (SSSR count). The molecule has 1 nitrogen and oxygen atoms in total. The van der Waals surface area contributed by atoms with Crippen LogP contribution in [0.15, 0.2) is 18.2 Å². The summed E-state index contributed by atoms with van der Waals surface area (Å²) in [6.45, 7) is 3.28. The van der Waals surface area contributed by atoms with Gasteiger partial charge in [-0.05, 0) is 31.0 Å². The standard InChI is InChI=1S/C11H12BrF3O/c1-7-4-3-5-9(8(7)2)16-6-10(12)11(13,14)15/h3-5,10H,6H2,1-2H3. The molecule has 0 radical (unpaired) electrons. The Morgan fingerprint density at radius 3 is 2.50 bits per heavy atom. The lowest BCUT2D eigenvalue weighted by atomic mass is 10.1. The molecule has 0 amide bonds. The molecule has 16 heavy (non-hydrogen) atoms. The molecule has 5 heteroatoms. The number of benzene rings is 1. The quantitative estimate of drug-likeness (QED) is 0.766. The Morgan fingerprint density at radius 2 is 1.94 bits per heavy atom. The third-order valence-electron chi connectivity index (χ3n) is 2.30. The summed E-state index contributed by atoms with van der Waals surface area (Å²) in [7, 11) is 0. The Bertz CT molecular complexity index is 363. The second-order valence-electron chi connectivity index (χ2n) is 3.52. The maximum absolute atomic E-state index is 12.2. The Balaban J connectivity index is 2.65. The van der Waals surface area contributed by atoms with Crippen LogP contribution in [0.1, 0.15) is 11.1 Å². The number of alkyl halides is 4. The maximum Gasteiger partial charge on any atom is 0.404 e. The fourth-order valence-corrected chi connectivity index (χ4v) is 1.27. The topological polar surface area (TPSA) is 9.23 Å². The van der Waals surface area contributed by atoms with Crippen molar-refractivity contribution in [2.75, 3.05) is 6.61 Å². The van der Waals surface area contributed by atoms with E-state index in [0.717, 1.165) is 11.1 Å². The van der Waals surface area contributed by atoms with Crippen LogP contribution in [0.5, 0.6) is 5.75 Å². The molecular weight excluding hydrogens is 285 g/mol. The zero-order chi connectivity index (χ0) is 12.3. The van der Waals surface area contributed by atoms with Crippen molar-refractivity contribution < 1.29 is 17.9 Å². The first-order valence-corrected chi connectivity index (χ1v) is 5.63. The summed E-state index contributed by atoms with van der Waals surface area (Å²) in [5.74, 6) is 0.494. The summed E-state index contributed by atoms with van der Waals surface area (Å²) in [4.78, 5) is -1.64. The first kappa shape index (κ1) is 13.4. The van der Waals surface area contributed by atoms with Gasteiger partial charge in [-0.1, -0.05) is 28.1 Å². The van der Waals surface area contributed by atoms with E-state index in [9.17, 15) is 13.2 Å². The van der Waals surface area contributed by atoms with Crippen LogP contribution < -0.4 is 4.74 Å². The highest BCUT2D eigenvalue weighted by molar-refractivity contribution is 9.09. The molecule has 90 valence electrons. The summed E-state index contributed by atoms with van der Waals surface area (Å²) < 4.78 is 41.8. The van der Waals surface area contributed by atoms with Gasteiger partial charge in [-0.25, -0.2) is 0 Å². The summed E-state index contributed by atoms with van der Waals surface area (Å²) >= 11 is 2.55. The van der Waals surface area contributed by atoms with Gasteiger partial charge in [-0.15, -0.1) is 0 Å². The van der Waals surface area contributed by atoms with Gasteiger partial charge >= 0.3 is 6.18 Å². The lowest BCUT2D eigenvalue weighted by Crippen LogP contribution is -2.29.